The number of rotatable bonds is 5. The number of amides is 1. The molecule has 1 amide bonds. The van der Waals surface area contributed by atoms with E-state index in [0.29, 0.717) is 13.0 Å². The highest BCUT2D eigenvalue weighted by Gasteiger charge is 2.22. The van der Waals surface area contributed by atoms with Crippen LogP contribution in [0.3, 0.4) is 0 Å². The van der Waals surface area contributed by atoms with E-state index in [4.69, 9.17) is 9.84 Å². The van der Waals surface area contributed by atoms with Gasteiger partial charge in [-0.15, -0.1) is 0 Å². The Bertz CT molecular complexity index is 932. The van der Waals surface area contributed by atoms with Crippen molar-refractivity contribution in [3.8, 4) is 17.0 Å². The molecule has 1 aliphatic heterocycles. The Balaban J connectivity index is 1.50. The zero-order valence-corrected chi connectivity index (χ0v) is 14.2. The van der Waals surface area contributed by atoms with Gasteiger partial charge in [-0.25, -0.2) is 0 Å². The van der Waals surface area contributed by atoms with Crippen molar-refractivity contribution in [1.29, 1.82) is 0 Å². The van der Waals surface area contributed by atoms with Gasteiger partial charge in [-0.3, -0.25) is 9.48 Å². The topological polar surface area (TPSA) is 76.4 Å². The predicted octanol–water partition coefficient (Wildman–Crippen LogP) is 2.62. The van der Waals surface area contributed by atoms with E-state index in [0.717, 1.165) is 33.8 Å². The van der Waals surface area contributed by atoms with Crippen molar-refractivity contribution in [3.63, 3.8) is 0 Å². The largest absolute Gasteiger partial charge is 0.488 e. The van der Waals surface area contributed by atoms with Crippen LogP contribution in [0, 0.1) is 0 Å². The van der Waals surface area contributed by atoms with Crippen molar-refractivity contribution < 1.29 is 14.6 Å². The van der Waals surface area contributed by atoms with Crippen LogP contribution in [-0.4, -0.2) is 27.4 Å². The van der Waals surface area contributed by atoms with E-state index in [1.807, 2.05) is 48.5 Å². The van der Waals surface area contributed by atoms with Gasteiger partial charge in [0.1, 0.15) is 18.9 Å². The minimum atomic E-state index is -0.144. The molecule has 1 aliphatic rings. The molecule has 2 N–H and O–H groups in total. The van der Waals surface area contributed by atoms with Crippen LogP contribution in [0.25, 0.3) is 11.3 Å². The van der Waals surface area contributed by atoms with Crippen molar-refractivity contribution in [2.24, 2.45) is 0 Å². The lowest BCUT2D eigenvalue weighted by molar-refractivity contribution is -0.116. The summed E-state index contributed by atoms with van der Waals surface area (Å²) in [6, 6.07) is 15.2. The monoisotopic (exact) mass is 349 g/mol. The average Bonchev–Trinajstić information content (AvgIpc) is 3.07. The summed E-state index contributed by atoms with van der Waals surface area (Å²) in [5, 5.41) is 16.2. The number of nitrogens with zero attached hydrogens (tertiary/aromatic N) is 2. The minimum absolute atomic E-state index is 0.112. The van der Waals surface area contributed by atoms with Crippen molar-refractivity contribution in [2.45, 2.75) is 19.6 Å². The molecule has 0 atom stereocenters. The number of ether oxygens (including phenoxy) is 1. The summed E-state index contributed by atoms with van der Waals surface area (Å²) in [7, 11) is 0. The summed E-state index contributed by atoms with van der Waals surface area (Å²) >= 11 is 0. The molecule has 0 saturated heterocycles. The number of fused-ring (bicyclic) bond motifs is 3. The molecule has 3 aromatic rings. The van der Waals surface area contributed by atoms with Gasteiger partial charge in [-0.2, -0.15) is 5.10 Å². The van der Waals surface area contributed by atoms with Crippen LogP contribution in [-0.2, 0) is 24.4 Å². The Morgan fingerprint density at radius 2 is 2.00 bits per heavy atom. The second-order valence-electron chi connectivity index (χ2n) is 6.18. The molecule has 26 heavy (non-hydrogen) atoms. The van der Waals surface area contributed by atoms with Crippen LogP contribution >= 0.6 is 0 Å². The molecule has 0 radical (unpaired) electrons. The number of aromatic nitrogens is 2. The highest BCUT2D eigenvalue weighted by Crippen LogP contribution is 2.36. The molecular formula is C20H19N3O3. The second kappa shape index (κ2) is 7.01. The van der Waals surface area contributed by atoms with E-state index in [-0.39, 0.29) is 19.1 Å². The van der Waals surface area contributed by atoms with Gasteiger partial charge in [0.05, 0.1) is 11.9 Å². The molecule has 2 heterocycles. The van der Waals surface area contributed by atoms with Crippen LogP contribution in [0.2, 0.25) is 0 Å². The number of aliphatic hydroxyl groups excluding tert-OH is 1. The highest BCUT2D eigenvalue weighted by molar-refractivity contribution is 5.91. The van der Waals surface area contributed by atoms with Crippen molar-refractivity contribution in [1.82, 2.24) is 9.78 Å². The standard InChI is InChI=1S/C20H19N3O3/c24-10-9-14-5-7-16(8-6-14)22-19(25)12-23-20-15(11-21-23)13-26-18-4-2-1-3-17(18)20/h1-8,11,24H,9-10,12-13H2,(H,22,25). The van der Waals surface area contributed by atoms with E-state index >= 15 is 0 Å². The third-order valence-corrected chi connectivity index (χ3v) is 4.37. The summed E-state index contributed by atoms with van der Waals surface area (Å²) in [5.41, 5.74) is 4.61. The van der Waals surface area contributed by atoms with Crippen molar-refractivity contribution in [2.75, 3.05) is 11.9 Å². The van der Waals surface area contributed by atoms with Crippen LogP contribution in [0.15, 0.2) is 54.7 Å². The van der Waals surface area contributed by atoms with Gasteiger partial charge in [-0.1, -0.05) is 24.3 Å². The number of hydrogen-bond acceptors (Lipinski definition) is 4. The third kappa shape index (κ3) is 3.19. The first-order chi connectivity index (χ1) is 12.7. The average molecular weight is 349 g/mol. The molecule has 132 valence electrons. The van der Waals surface area contributed by atoms with Crippen molar-refractivity contribution in [3.05, 3.63) is 65.9 Å². The fourth-order valence-corrected chi connectivity index (χ4v) is 3.13. The van der Waals surface area contributed by atoms with Crippen LogP contribution < -0.4 is 10.1 Å². The summed E-state index contributed by atoms with van der Waals surface area (Å²) in [6.45, 7) is 0.698. The number of benzene rings is 2. The second-order valence-corrected chi connectivity index (χ2v) is 6.18. The van der Waals surface area contributed by atoms with E-state index in [2.05, 4.69) is 10.4 Å². The lowest BCUT2D eigenvalue weighted by Crippen LogP contribution is -2.20. The maximum absolute atomic E-state index is 12.4. The highest BCUT2D eigenvalue weighted by atomic mass is 16.5. The maximum Gasteiger partial charge on any atom is 0.246 e. The number of carbonyl (C=O) groups is 1. The smallest absolute Gasteiger partial charge is 0.246 e. The normalized spacial score (nSPS) is 12.0. The van der Waals surface area contributed by atoms with Crippen LogP contribution in [0.4, 0.5) is 5.69 Å². The Hall–Kier alpha value is -3.12. The molecule has 2 aromatic carbocycles. The Morgan fingerprint density at radius 3 is 2.81 bits per heavy atom. The fraction of sp³-hybridized carbons (Fsp3) is 0.200. The number of nitrogens with one attached hydrogen (secondary N) is 1. The molecule has 0 aliphatic carbocycles. The van der Waals surface area contributed by atoms with Gasteiger partial charge in [0.25, 0.3) is 0 Å². The molecule has 6 heteroatoms. The third-order valence-electron chi connectivity index (χ3n) is 4.37. The molecule has 0 saturated carbocycles. The van der Waals surface area contributed by atoms with Gasteiger partial charge < -0.3 is 15.2 Å². The minimum Gasteiger partial charge on any atom is -0.488 e. The first-order valence-electron chi connectivity index (χ1n) is 8.51. The molecule has 0 unspecified atom stereocenters. The molecule has 6 nitrogen and oxygen atoms in total. The zero-order valence-electron chi connectivity index (χ0n) is 14.2. The Morgan fingerprint density at radius 1 is 1.19 bits per heavy atom. The number of carbonyl (C=O) groups excluding carboxylic acids is 1. The first kappa shape index (κ1) is 16.4. The lowest BCUT2D eigenvalue weighted by atomic mass is 10.0. The summed E-state index contributed by atoms with van der Waals surface area (Å²) < 4.78 is 7.44. The predicted molar refractivity (Wildman–Crippen MR) is 97.9 cm³/mol. The van der Waals surface area contributed by atoms with Gasteiger partial charge in [0.15, 0.2) is 0 Å². The fourth-order valence-electron chi connectivity index (χ4n) is 3.13. The van der Waals surface area contributed by atoms with Crippen LogP contribution in [0.1, 0.15) is 11.1 Å². The molecular weight excluding hydrogens is 330 g/mol. The van der Waals surface area contributed by atoms with E-state index in [1.165, 1.54) is 0 Å². The SMILES string of the molecule is O=C(Cn1ncc2c1-c1ccccc1OC2)Nc1ccc(CCO)cc1. The Kier molecular flexibility index (Phi) is 4.41. The van der Waals surface area contributed by atoms with Gasteiger partial charge in [-0.05, 0) is 36.2 Å². The number of anilines is 1. The summed E-state index contributed by atoms with van der Waals surface area (Å²) in [4.78, 5) is 12.4. The molecule has 0 spiro atoms. The lowest BCUT2D eigenvalue weighted by Gasteiger charge is -2.19. The summed E-state index contributed by atoms with van der Waals surface area (Å²) in [5.74, 6) is 0.663. The number of para-hydroxylation sites is 1. The molecule has 0 fully saturated rings. The molecule has 4 rings (SSSR count). The van der Waals surface area contributed by atoms with E-state index in [9.17, 15) is 4.79 Å². The first-order valence-corrected chi connectivity index (χ1v) is 8.51. The quantitative estimate of drug-likeness (QED) is 0.742. The maximum atomic E-state index is 12.4. The van der Waals surface area contributed by atoms with Crippen molar-refractivity contribution >= 4 is 11.6 Å². The van der Waals surface area contributed by atoms with Crippen LogP contribution in [0.5, 0.6) is 5.75 Å². The van der Waals surface area contributed by atoms with E-state index < -0.39 is 0 Å². The van der Waals surface area contributed by atoms with Gasteiger partial charge in [0, 0.05) is 23.4 Å². The van der Waals surface area contributed by atoms with Gasteiger partial charge in [0.2, 0.25) is 5.91 Å². The zero-order chi connectivity index (χ0) is 17.9. The van der Waals surface area contributed by atoms with E-state index in [1.54, 1.807) is 10.9 Å². The molecule has 1 aromatic heterocycles. The number of hydrogen-bond donors (Lipinski definition) is 2. The summed E-state index contributed by atoms with van der Waals surface area (Å²) in [6.07, 6.45) is 2.36. The van der Waals surface area contributed by atoms with Gasteiger partial charge >= 0.3 is 0 Å². The number of aliphatic hydroxyl groups is 1. The Labute approximate surface area is 151 Å². The molecule has 0 bridgehead atoms.